The molecule has 1 amide bonds. The van der Waals surface area contributed by atoms with E-state index in [4.69, 9.17) is 21.1 Å². The van der Waals surface area contributed by atoms with Gasteiger partial charge in [0.2, 0.25) is 0 Å². The van der Waals surface area contributed by atoms with Gasteiger partial charge in [-0.1, -0.05) is 29.8 Å². The van der Waals surface area contributed by atoms with Crippen molar-refractivity contribution >= 4 is 40.1 Å². The molecule has 0 radical (unpaired) electrons. The van der Waals surface area contributed by atoms with Crippen LogP contribution in [0.3, 0.4) is 0 Å². The largest absolute Gasteiger partial charge is 0.497 e. The van der Waals surface area contributed by atoms with Crippen LogP contribution in [0.2, 0.25) is 5.15 Å². The molecule has 3 rings (SSSR count). The Morgan fingerprint density at radius 1 is 1.12 bits per heavy atom. The van der Waals surface area contributed by atoms with Crippen LogP contribution in [0.25, 0.3) is 10.9 Å². The van der Waals surface area contributed by atoms with Crippen molar-refractivity contribution < 1.29 is 19.1 Å². The molecule has 0 fully saturated rings. The highest BCUT2D eigenvalue weighted by molar-refractivity contribution is 6.30. The lowest BCUT2D eigenvalue weighted by Crippen LogP contribution is -2.21. The van der Waals surface area contributed by atoms with Gasteiger partial charge in [0.25, 0.3) is 5.91 Å². The third-order valence-corrected chi connectivity index (χ3v) is 3.81. The number of fused-ring (bicyclic) bond motifs is 1. The van der Waals surface area contributed by atoms with E-state index >= 15 is 0 Å². The summed E-state index contributed by atoms with van der Waals surface area (Å²) in [6.07, 6.45) is 0. The summed E-state index contributed by atoms with van der Waals surface area (Å²) in [7, 11) is 1.56. The molecule has 0 unspecified atom stereocenters. The molecule has 0 bridgehead atoms. The van der Waals surface area contributed by atoms with Gasteiger partial charge in [0.05, 0.1) is 18.2 Å². The summed E-state index contributed by atoms with van der Waals surface area (Å²) < 4.78 is 10.2. The van der Waals surface area contributed by atoms with Gasteiger partial charge >= 0.3 is 5.97 Å². The summed E-state index contributed by atoms with van der Waals surface area (Å²) >= 11 is 5.95. The van der Waals surface area contributed by atoms with Crippen molar-refractivity contribution in [1.29, 1.82) is 0 Å². The second-order valence-electron chi connectivity index (χ2n) is 5.36. The molecule has 1 heterocycles. The molecule has 0 atom stereocenters. The molecule has 1 aromatic heterocycles. The minimum atomic E-state index is -0.643. The number of aromatic nitrogens is 1. The van der Waals surface area contributed by atoms with Gasteiger partial charge in [-0.3, -0.25) is 4.79 Å². The third kappa shape index (κ3) is 4.10. The number of anilines is 1. The van der Waals surface area contributed by atoms with Gasteiger partial charge in [0.15, 0.2) is 6.61 Å². The van der Waals surface area contributed by atoms with Gasteiger partial charge in [-0.15, -0.1) is 0 Å². The maximum absolute atomic E-state index is 12.3. The minimum absolute atomic E-state index is 0.179. The average molecular weight is 371 g/mol. The summed E-state index contributed by atoms with van der Waals surface area (Å²) in [6, 6.07) is 15.3. The van der Waals surface area contributed by atoms with Crippen LogP contribution in [0, 0.1) is 0 Å². The first-order chi connectivity index (χ1) is 12.6. The Morgan fingerprint density at radius 3 is 2.58 bits per heavy atom. The lowest BCUT2D eigenvalue weighted by molar-refractivity contribution is -0.119. The smallest absolute Gasteiger partial charge is 0.339 e. The van der Waals surface area contributed by atoms with Crippen LogP contribution in [0.5, 0.6) is 5.75 Å². The van der Waals surface area contributed by atoms with E-state index in [1.165, 1.54) is 6.07 Å². The molecule has 3 aromatic rings. The number of amides is 1. The molecular formula is C19H15ClN2O4. The molecule has 26 heavy (non-hydrogen) atoms. The molecule has 0 aliphatic carbocycles. The molecular weight excluding hydrogens is 356 g/mol. The summed E-state index contributed by atoms with van der Waals surface area (Å²) in [6.45, 7) is -0.418. The number of benzene rings is 2. The van der Waals surface area contributed by atoms with E-state index in [9.17, 15) is 9.59 Å². The van der Waals surface area contributed by atoms with Crippen LogP contribution in [-0.2, 0) is 9.53 Å². The zero-order valence-electron chi connectivity index (χ0n) is 13.9. The first-order valence-corrected chi connectivity index (χ1v) is 8.11. The Kier molecular flexibility index (Phi) is 5.34. The molecule has 0 saturated carbocycles. The number of nitrogens with zero attached hydrogens (tertiary/aromatic N) is 1. The predicted octanol–water partition coefficient (Wildman–Crippen LogP) is 3.69. The van der Waals surface area contributed by atoms with Gasteiger partial charge in [-0.2, -0.15) is 0 Å². The van der Waals surface area contributed by atoms with Crippen LogP contribution >= 0.6 is 11.6 Å². The molecule has 7 heteroatoms. The van der Waals surface area contributed by atoms with Crippen molar-refractivity contribution in [1.82, 2.24) is 4.98 Å². The average Bonchev–Trinajstić information content (AvgIpc) is 2.66. The van der Waals surface area contributed by atoms with Gasteiger partial charge in [0, 0.05) is 11.1 Å². The molecule has 132 valence electrons. The quantitative estimate of drug-likeness (QED) is 0.547. The summed E-state index contributed by atoms with van der Waals surface area (Å²) in [5.41, 5.74) is 1.41. The number of carbonyl (C=O) groups excluding carboxylic acids is 2. The van der Waals surface area contributed by atoms with Gasteiger partial charge < -0.3 is 14.8 Å². The van der Waals surface area contributed by atoms with Crippen molar-refractivity contribution in [2.75, 3.05) is 19.0 Å². The van der Waals surface area contributed by atoms with E-state index in [0.717, 1.165) is 0 Å². The van der Waals surface area contributed by atoms with Gasteiger partial charge in [-0.05, 0) is 36.4 Å². The highest BCUT2D eigenvalue weighted by Gasteiger charge is 2.15. The summed E-state index contributed by atoms with van der Waals surface area (Å²) in [5, 5.41) is 3.43. The number of hydrogen-bond donors (Lipinski definition) is 1. The number of carbonyl (C=O) groups is 2. The Bertz CT molecular complexity index is 957. The van der Waals surface area contributed by atoms with Crippen LogP contribution in [0.1, 0.15) is 10.4 Å². The van der Waals surface area contributed by atoms with Crippen LogP contribution < -0.4 is 10.1 Å². The van der Waals surface area contributed by atoms with Crippen molar-refractivity contribution in [3.05, 3.63) is 65.3 Å². The number of rotatable bonds is 5. The van der Waals surface area contributed by atoms with E-state index < -0.39 is 18.5 Å². The highest BCUT2D eigenvalue weighted by Crippen LogP contribution is 2.21. The fraction of sp³-hybridized carbons (Fsp3) is 0.105. The number of methoxy groups -OCH3 is 1. The van der Waals surface area contributed by atoms with Crippen LogP contribution in [-0.4, -0.2) is 30.6 Å². The van der Waals surface area contributed by atoms with Crippen molar-refractivity contribution in [2.45, 2.75) is 0 Å². The second kappa shape index (κ2) is 7.84. The van der Waals surface area contributed by atoms with E-state index in [1.807, 2.05) is 0 Å². The number of para-hydroxylation sites is 1. The van der Waals surface area contributed by atoms with Crippen molar-refractivity contribution in [3.8, 4) is 5.75 Å². The molecule has 1 N–H and O–H groups in total. The predicted molar refractivity (Wildman–Crippen MR) is 98.7 cm³/mol. The molecule has 2 aromatic carbocycles. The maximum atomic E-state index is 12.3. The first kappa shape index (κ1) is 17.7. The number of ether oxygens (including phenoxy) is 2. The van der Waals surface area contributed by atoms with Gasteiger partial charge in [0.1, 0.15) is 10.9 Å². The number of pyridine rings is 1. The normalized spacial score (nSPS) is 10.4. The van der Waals surface area contributed by atoms with E-state index in [1.54, 1.807) is 55.6 Å². The molecule has 0 aliphatic heterocycles. The Morgan fingerprint density at radius 2 is 1.85 bits per heavy atom. The maximum Gasteiger partial charge on any atom is 0.339 e. The fourth-order valence-electron chi connectivity index (χ4n) is 2.39. The lowest BCUT2D eigenvalue weighted by atomic mass is 10.1. The number of esters is 1. The SMILES string of the molecule is COc1ccc(NC(=O)COC(=O)c2cc(Cl)nc3ccccc23)cc1. The van der Waals surface area contributed by atoms with E-state index in [2.05, 4.69) is 10.3 Å². The van der Waals surface area contributed by atoms with Crippen LogP contribution in [0.4, 0.5) is 5.69 Å². The standard InChI is InChI=1S/C19H15ClN2O4/c1-25-13-8-6-12(7-9-13)21-18(23)11-26-19(24)15-10-17(20)22-16-5-3-2-4-14(15)16/h2-10H,11H2,1H3,(H,21,23). The summed E-state index contributed by atoms with van der Waals surface area (Å²) in [4.78, 5) is 28.5. The first-order valence-electron chi connectivity index (χ1n) is 7.73. The number of hydrogen-bond acceptors (Lipinski definition) is 5. The molecule has 0 spiro atoms. The molecule has 0 aliphatic rings. The molecule has 6 nitrogen and oxygen atoms in total. The zero-order valence-corrected chi connectivity index (χ0v) is 14.6. The lowest BCUT2D eigenvalue weighted by Gasteiger charge is -2.09. The van der Waals surface area contributed by atoms with Crippen molar-refractivity contribution in [3.63, 3.8) is 0 Å². The Labute approximate surface area is 154 Å². The number of nitrogens with one attached hydrogen (secondary N) is 1. The van der Waals surface area contributed by atoms with Crippen LogP contribution in [0.15, 0.2) is 54.6 Å². The highest BCUT2D eigenvalue weighted by atomic mass is 35.5. The Hall–Kier alpha value is -3.12. The molecule has 0 saturated heterocycles. The Balaban J connectivity index is 1.66. The fourth-order valence-corrected chi connectivity index (χ4v) is 2.59. The summed E-state index contributed by atoms with van der Waals surface area (Å²) in [5.74, 6) is -0.417. The van der Waals surface area contributed by atoms with Gasteiger partial charge in [-0.25, -0.2) is 9.78 Å². The monoisotopic (exact) mass is 370 g/mol. The second-order valence-corrected chi connectivity index (χ2v) is 5.75. The minimum Gasteiger partial charge on any atom is -0.497 e. The number of halogens is 1. The van der Waals surface area contributed by atoms with Crippen molar-refractivity contribution in [2.24, 2.45) is 0 Å². The van der Waals surface area contributed by atoms with E-state index in [-0.39, 0.29) is 10.7 Å². The third-order valence-electron chi connectivity index (χ3n) is 3.61. The zero-order chi connectivity index (χ0) is 18.5. The topological polar surface area (TPSA) is 77.5 Å². The van der Waals surface area contributed by atoms with E-state index in [0.29, 0.717) is 22.3 Å².